The molecule has 4 nitrogen and oxygen atoms in total. The molecule has 154 valence electrons. The van der Waals surface area contributed by atoms with Gasteiger partial charge in [0.2, 0.25) is 0 Å². The van der Waals surface area contributed by atoms with Crippen LogP contribution in [0.1, 0.15) is 18.4 Å². The molecule has 6 heteroatoms. The minimum atomic E-state index is -0.826. The quantitative estimate of drug-likeness (QED) is 0.506. The van der Waals surface area contributed by atoms with Crippen molar-refractivity contribution in [3.8, 4) is 11.1 Å². The van der Waals surface area contributed by atoms with Gasteiger partial charge in [-0.3, -0.25) is 4.90 Å². The lowest BCUT2D eigenvalue weighted by Gasteiger charge is -2.41. The Hall–Kier alpha value is -2.53. The second-order valence-electron chi connectivity index (χ2n) is 7.25. The number of aliphatic hydroxyl groups excluding tert-OH is 1. The first-order valence-electron chi connectivity index (χ1n) is 9.75. The lowest BCUT2D eigenvalue weighted by Crippen LogP contribution is -2.48. The van der Waals surface area contributed by atoms with E-state index in [-0.39, 0.29) is 6.61 Å². The maximum Gasteiger partial charge on any atom is 0.415 e. The number of hydrogen-bond donors (Lipinski definition) is 1. The molecule has 30 heavy (non-hydrogen) atoms. The summed E-state index contributed by atoms with van der Waals surface area (Å²) < 4.78 is 5.94. The SMILES string of the molecule is O=C1OC(CCO)(c2ccccc2)CCN1c1cccc(-c2c(Cl)cccc2Cl)c1. The number of cyclic esters (lactones) is 1. The highest BCUT2D eigenvalue weighted by Gasteiger charge is 2.42. The number of anilines is 1. The molecular weight excluding hydrogens is 421 g/mol. The van der Waals surface area contributed by atoms with Crippen molar-refractivity contribution < 1.29 is 14.6 Å². The lowest BCUT2D eigenvalue weighted by atomic mass is 9.86. The second-order valence-corrected chi connectivity index (χ2v) is 8.06. The van der Waals surface area contributed by atoms with Crippen LogP contribution in [0.15, 0.2) is 72.8 Å². The van der Waals surface area contributed by atoms with E-state index in [0.29, 0.717) is 35.1 Å². The van der Waals surface area contributed by atoms with Crippen LogP contribution in [0.5, 0.6) is 0 Å². The number of carbonyl (C=O) groups excluding carboxylic acids is 1. The van der Waals surface area contributed by atoms with E-state index in [1.165, 1.54) is 0 Å². The van der Waals surface area contributed by atoms with E-state index in [4.69, 9.17) is 27.9 Å². The summed E-state index contributed by atoms with van der Waals surface area (Å²) in [7, 11) is 0. The molecule has 0 spiro atoms. The van der Waals surface area contributed by atoms with Crippen molar-refractivity contribution in [3.63, 3.8) is 0 Å². The Balaban J connectivity index is 1.64. The van der Waals surface area contributed by atoms with Crippen LogP contribution in [0.2, 0.25) is 10.0 Å². The zero-order valence-corrected chi connectivity index (χ0v) is 17.7. The van der Waals surface area contributed by atoms with Crippen molar-refractivity contribution in [1.82, 2.24) is 0 Å². The topological polar surface area (TPSA) is 49.8 Å². The molecule has 1 atom stereocenters. The van der Waals surface area contributed by atoms with Crippen molar-refractivity contribution in [2.75, 3.05) is 18.1 Å². The van der Waals surface area contributed by atoms with E-state index < -0.39 is 11.7 Å². The molecule has 1 N–H and O–H groups in total. The summed E-state index contributed by atoms with van der Waals surface area (Å²) in [5, 5.41) is 10.7. The van der Waals surface area contributed by atoms with Gasteiger partial charge in [-0.25, -0.2) is 4.79 Å². The number of carbonyl (C=O) groups is 1. The highest BCUT2D eigenvalue weighted by atomic mass is 35.5. The van der Waals surface area contributed by atoms with Crippen LogP contribution in [0.4, 0.5) is 10.5 Å². The first kappa shape index (κ1) is 20.7. The number of halogens is 2. The predicted molar refractivity (Wildman–Crippen MR) is 120 cm³/mol. The molecule has 1 fully saturated rings. The Kier molecular flexibility index (Phi) is 6.00. The first-order valence-corrected chi connectivity index (χ1v) is 10.5. The number of ether oxygens (including phenoxy) is 1. The standard InChI is InChI=1S/C24H21Cl2NO3/c25-20-10-5-11-21(26)22(20)17-6-4-9-19(16-17)27-14-12-24(13-15-28,30-23(27)29)18-7-2-1-3-8-18/h1-11,16,28H,12-15H2. The molecule has 1 heterocycles. The van der Waals surface area contributed by atoms with Gasteiger partial charge < -0.3 is 9.84 Å². The summed E-state index contributed by atoms with van der Waals surface area (Å²) in [5.41, 5.74) is 2.33. The van der Waals surface area contributed by atoms with Gasteiger partial charge in [-0.05, 0) is 35.4 Å². The smallest absolute Gasteiger partial charge is 0.415 e. The van der Waals surface area contributed by atoms with Crippen LogP contribution < -0.4 is 4.90 Å². The Labute approximate surface area is 185 Å². The van der Waals surface area contributed by atoms with Crippen LogP contribution in [0.3, 0.4) is 0 Å². The molecule has 0 radical (unpaired) electrons. The summed E-state index contributed by atoms with van der Waals surface area (Å²) in [4.78, 5) is 14.6. The van der Waals surface area contributed by atoms with E-state index in [9.17, 15) is 9.90 Å². The highest BCUT2D eigenvalue weighted by Crippen LogP contribution is 2.40. The number of aliphatic hydroxyl groups is 1. The third-order valence-corrected chi connectivity index (χ3v) is 6.10. The normalized spacial score (nSPS) is 18.9. The van der Waals surface area contributed by atoms with Gasteiger partial charge in [-0.1, -0.05) is 71.7 Å². The first-order chi connectivity index (χ1) is 14.5. The Morgan fingerprint density at radius 3 is 2.33 bits per heavy atom. The number of rotatable bonds is 5. The predicted octanol–water partition coefficient (Wildman–Crippen LogP) is 6.29. The second kappa shape index (κ2) is 8.68. The van der Waals surface area contributed by atoms with Crippen LogP contribution in [-0.4, -0.2) is 24.4 Å². The number of amides is 1. The van der Waals surface area contributed by atoms with E-state index >= 15 is 0 Å². The third kappa shape index (κ3) is 3.91. The maximum absolute atomic E-state index is 13.0. The minimum absolute atomic E-state index is 0.0668. The van der Waals surface area contributed by atoms with Gasteiger partial charge in [0.05, 0.1) is 0 Å². The molecule has 1 saturated heterocycles. The van der Waals surface area contributed by atoms with Gasteiger partial charge >= 0.3 is 6.09 Å². The van der Waals surface area contributed by atoms with Gasteiger partial charge in [0.1, 0.15) is 5.60 Å². The van der Waals surface area contributed by atoms with E-state index in [1.54, 1.807) is 23.1 Å². The molecule has 1 aliphatic heterocycles. The van der Waals surface area contributed by atoms with Crippen molar-refractivity contribution >= 4 is 35.0 Å². The summed E-state index contributed by atoms with van der Waals surface area (Å²) in [6.45, 7) is 0.399. The van der Waals surface area contributed by atoms with Crippen molar-refractivity contribution in [3.05, 3.63) is 88.4 Å². The average molecular weight is 442 g/mol. The molecular formula is C24H21Cl2NO3. The fourth-order valence-corrected chi connectivity index (χ4v) is 4.56. The molecule has 4 rings (SSSR count). The molecule has 1 amide bonds. The van der Waals surface area contributed by atoms with Gasteiger partial charge in [0.25, 0.3) is 0 Å². The van der Waals surface area contributed by atoms with Crippen LogP contribution >= 0.6 is 23.2 Å². The number of nitrogens with zero attached hydrogens (tertiary/aromatic N) is 1. The maximum atomic E-state index is 13.0. The molecule has 0 saturated carbocycles. The fourth-order valence-electron chi connectivity index (χ4n) is 3.94. The molecule has 1 unspecified atom stereocenters. The molecule has 0 aliphatic carbocycles. The largest absolute Gasteiger partial charge is 0.437 e. The Bertz CT molecular complexity index is 1040. The van der Waals surface area contributed by atoms with Gasteiger partial charge in [0, 0.05) is 47.3 Å². The van der Waals surface area contributed by atoms with Crippen LogP contribution in [0, 0.1) is 0 Å². The zero-order chi connectivity index (χ0) is 21.1. The Morgan fingerprint density at radius 1 is 0.967 bits per heavy atom. The highest BCUT2D eigenvalue weighted by molar-refractivity contribution is 6.39. The zero-order valence-electron chi connectivity index (χ0n) is 16.2. The lowest BCUT2D eigenvalue weighted by molar-refractivity contribution is -0.0257. The summed E-state index contributed by atoms with van der Waals surface area (Å²) in [6.07, 6.45) is 0.479. The van der Waals surface area contributed by atoms with E-state index in [0.717, 1.165) is 16.7 Å². The number of benzene rings is 3. The number of hydrogen-bond acceptors (Lipinski definition) is 3. The van der Waals surface area contributed by atoms with Crippen molar-refractivity contribution in [1.29, 1.82) is 0 Å². The molecule has 3 aromatic rings. The Morgan fingerprint density at radius 2 is 1.67 bits per heavy atom. The minimum Gasteiger partial charge on any atom is -0.437 e. The third-order valence-electron chi connectivity index (χ3n) is 5.47. The van der Waals surface area contributed by atoms with E-state index in [1.807, 2.05) is 54.6 Å². The van der Waals surface area contributed by atoms with Gasteiger partial charge in [0.15, 0.2) is 0 Å². The van der Waals surface area contributed by atoms with Crippen molar-refractivity contribution in [2.24, 2.45) is 0 Å². The summed E-state index contributed by atoms with van der Waals surface area (Å²) in [6, 6.07) is 22.5. The van der Waals surface area contributed by atoms with Gasteiger partial charge in [-0.2, -0.15) is 0 Å². The molecule has 0 aromatic heterocycles. The fraction of sp³-hybridized carbons (Fsp3) is 0.208. The van der Waals surface area contributed by atoms with Crippen LogP contribution in [-0.2, 0) is 10.3 Å². The summed E-state index contributed by atoms with van der Waals surface area (Å²) in [5.74, 6) is 0. The molecule has 1 aliphatic rings. The van der Waals surface area contributed by atoms with Crippen molar-refractivity contribution in [2.45, 2.75) is 18.4 Å². The van der Waals surface area contributed by atoms with Crippen LogP contribution in [0.25, 0.3) is 11.1 Å². The van der Waals surface area contributed by atoms with E-state index in [2.05, 4.69) is 0 Å². The van der Waals surface area contributed by atoms with Gasteiger partial charge in [-0.15, -0.1) is 0 Å². The molecule has 3 aromatic carbocycles. The monoisotopic (exact) mass is 441 g/mol. The molecule has 0 bridgehead atoms. The summed E-state index contributed by atoms with van der Waals surface area (Å²) >= 11 is 12.7. The average Bonchev–Trinajstić information content (AvgIpc) is 2.75.